The van der Waals surface area contributed by atoms with Crippen LogP contribution in [0.5, 0.6) is 0 Å². The molecule has 0 bridgehead atoms. The number of hydrogen-bond donors (Lipinski definition) is 1. The highest BCUT2D eigenvalue weighted by Gasteiger charge is 2.20. The highest BCUT2D eigenvalue weighted by molar-refractivity contribution is 5.85. The average molecular weight is 1010 g/mol. The molecule has 8 nitrogen and oxygen atoms in total. The van der Waals surface area contributed by atoms with Gasteiger partial charge in [0.2, 0.25) is 0 Å². The molecule has 0 amide bonds. The Kier molecular flexibility index (Phi) is 22.1. The van der Waals surface area contributed by atoms with Crippen LogP contribution in [-0.4, -0.2) is 57.2 Å². The summed E-state index contributed by atoms with van der Waals surface area (Å²) in [4.78, 5) is 17.9. The lowest BCUT2D eigenvalue weighted by Gasteiger charge is -2.35. The Labute approximate surface area is 449 Å². The molecule has 1 saturated heterocycles. The standard InChI is InChI=1S/C11H11N.C11H16.C10H10O.C10H14.C9H10N2.C9H9NO.C7H15NO/c1-8-3-4-11-9(2)6-12-7-10(11)5-8;1-8(2)11-7-9(3)5-6-10(11)4;1-7-5-8(2)10-9(6-7)3-4-11-10;1-4-10-7-8(2)5-6-9(10)3;1-6-3-8-9(4-7(6)2)11-5-10-8;1-6-3-4-7(2)9-8(6)10-5-11-9;1-6-4-9-5-7(2)8(6)3/h3-7H,1-2H3;5-8H,1-4H3;3-6H,1-2H3;5-7H,4H2,1-3H3;3-5H,1-2H3,(H,10,11);3-5H,1-2H3;6-7H,4-5H2,1-3H3. The molecule has 1 fully saturated rings. The molecule has 396 valence electrons. The molecule has 4 aromatic heterocycles. The summed E-state index contributed by atoms with van der Waals surface area (Å²) in [5.74, 6) is 0.648. The van der Waals surface area contributed by atoms with Gasteiger partial charge in [-0.2, -0.15) is 0 Å². The van der Waals surface area contributed by atoms with Crippen LogP contribution in [0.4, 0.5) is 0 Å². The number of ether oxygens (including phenoxy) is 1. The fourth-order valence-electron chi connectivity index (χ4n) is 8.94. The SMILES string of the molecule is CC1COCC(C)N1C.CCc1cc(C)ccc1C.Cc1cc(C)c2occc2c1.Cc1cc2nc[nH]c2cc1C.Cc1ccc(C)c(C(C)C)c1.Cc1ccc(C)c2ocnc12.Cc1ccc2c(C)cncc2c1. The molecule has 6 aromatic carbocycles. The number of likely N-dealkylation sites (N-methyl/N-ethyl adjacent to an activating group) is 1. The van der Waals surface area contributed by atoms with Gasteiger partial charge in [0.1, 0.15) is 11.1 Å². The number of aromatic nitrogens is 4. The summed E-state index contributed by atoms with van der Waals surface area (Å²) in [7, 11) is 2.15. The fraction of sp³-hybridized carbons (Fsp3) is 0.358. The van der Waals surface area contributed by atoms with Crippen LogP contribution in [0.15, 0.2) is 137 Å². The molecule has 2 atom stereocenters. The first-order valence-corrected chi connectivity index (χ1v) is 26.5. The second kappa shape index (κ2) is 28.1. The van der Waals surface area contributed by atoms with Crippen LogP contribution in [0, 0.1) is 83.1 Å². The Morgan fingerprint density at radius 1 is 0.560 bits per heavy atom. The lowest BCUT2D eigenvalue weighted by Crippen LogP contribution is -2.46. The Bertz CT molecular complexity index is 3290. The Morgan fingerprint density at radius 3 is 1.81 bits per heavy atom. The first kappa shape index (κ1) is 59.0. The third-order valence-corrected chi connectivity index (χ3v) is 14.0. The van der Waals surface area contributed by atoms with E-state index in [2.05, 4.69) is 221 Å². The molecular formula is C67H85N5O3. The highest BCUT2D eigenvalue weighted by Crippen LogP contribution is 2.23. The van der Waals surface area contributed by atoms with Crippen molar-refractivity contribution >= 4 is 43.9 Å². The van der Waals surface area contributed by atoms with E-state index in [1.54, 1.807) is 12.6 Å². The number of rotatable bonds is 2. The van der Waals surface area contributed by atoms with Gasteiger partial charge >= 0.3 is 0 Å². The zero-order chi connectivity index (χ0) is 54.9. The molecule has 2 unspecified atom stereocenters. The number of fused-ring (bicyclic) bond motifs is 4. The number of imidazole rings is 1. The minimum absolute atomic E-state index is 0.591. The number of nitrogens with zero attached hydrogens (tertiary/aromatic N) is 4. The summed E-state index contributed by atoms with van der Waals surface area (Å²) in [6, 6.07) is 35.5. The van der Waals surface area contributed by atoms with Crippen molar-refractivity contribution in [2.75, 3.05) is 20.3 Å². The third-order valence-electron chi connectivity index (χ3n) is 14.0. The topological polar surface area (TPSA) is 93.2 Å². The Morgan fingerprint density at radius 2 is 1.17 bits per heavy atom. The number of aromatic amines is 1. The maximum absolute atomic E-state index is 5.32. The summed E-state index contributed by atoms with van der Waals surface area (Å²) in [6.07, 6.45) is 9.91. The van der Waals surface area contributed by atoms with Crippen molar-refractivity contribution in [3.63, 3.8) is 0 Å². The van der Waals surface area contributed by atoms with E-state index in [1.807, 2.05) is 38.4 Å². The number of morpholine rings is 1. The van der Waals surface area contributed by atoms with Crippen molar-refractivity contribution in [1.29, 1.82) is 0 Å². The van der Waals surface area contributed by atoms with Crippen LogP contribution < -0.4 is 0 Å². The third kappa shape index (κ3) is 17.1. The highest BCUT2D eigenvalue weighted by atomic mass is 16.5. The van der Waals surface area contributed by atoms with Crippen LogP contribution in [-0.2, 0) is 11.2 Å². The predicted octanol–water partition coefficient (Wildman–Crippen LogP) is 17.5. The number of hydrogen-bond acceptors (Lipinski definition) is 7. The van der Waals surface area contributed by atoms with Gasteiger partial charge in [-0.1, -0.05) is 110 Å². The van der Waals surface area contributed by atoms with Crippen LogP contribution >= 0.6 is 0 Å². The molecule has 1 aliphatic rings. The number of H-pyrrole nitrogens is 1. The van der Waals surface area contributed by atoms with E-state index >= 15 is 0 Å². The van der Waals surface area contributed by atoms with Gasteiger partial charge in [0.25, 0.3) is 0 Å². The average Bonchev–Trinajstić information content (AvgIpc) is 4.18. The van der Waals surface area contributed by atoms with Gasteiger partial charge in [0.05, 0.1) is 36.8 Å². The summed E-state index contributed by atoms with van der Waals surface area (Å²) < 4.78 is 15.8. The van der Waals surface area contributed by atoms with Gasteiger partial charge in [-0.25, -0.2) is 9.97 Å². The maximum atomic E-state index is 5.32. The van der Waals surface area contributed by atoms with Crippen molar-refractivity contribution in [2.45, 2.75) is 142 Å². The normalized spacial score (nSPS) is 14.0. The molecule has 1 N–H and O–H groups in total. The van der Waals surface area contributed by atoms with Crippen molar-refractivity contribution in [3.05, 3.63) is 206 Å². The minimum Gasteiger partial charge on any atom is -0.464 e. The molecule has 8 heteroatoms. The zero-order valence-electron chi connectivity index (χ0n) is 48.5. The van der Waals surface area contributed by atoms with E-state index < -0.39 is 0 Å². The molecule has 0 spiro atoms. The molecule has 75 heavy (non-hydrogen) atoms. The second-order valence-electron chi connectivity index (χ2n) is 20.9. The molecule has 11 rings (SSSR count). The zero-order valence-corrected chi connectivity index (χ0v) is 48.5. The molecule has 10 aromatic rings. The summed E-state index contributed by atoms with van der Waals surface area (Å²) in [5.41, 5.74) is 23.5. The van der Waals surface area contributed by atoms with Crippen LogP contribution in [0.1, 0.15) is 118 Å². The summed E-state index contributed by atoms with van der Waals surface area (Å²) in [6.45, 7) is 38.1. The van der Waals surface area contributed by atoms with Gasteiger partial charge in [-0.05, 0) is 208 Å². The van der Waals surface area contributed by atoms with E-state index in [9.17, 15) is 0 Å². The monoisotopic (exact) mass is 1010 g/mol. The Balaban J connectivity index is 0.000000162. The largest absolute Gasteiger partial charge is 0.464 e. The number of oxazole rings is 1. The molecular weight excluding hydrogens is 923 g/mol. The van der Waals surface area contributed by atoms with Crippen molar-refractivity contribution in [1.82, 2.24) is 24.8 Å². The number of furan rings is 1. The molecule has 0 aliphatic carbocycles. The van der Waals surface area contributed by atoms with E-state index in [4.69, 9.17) is 13.6 Å². The van der Waals surface area contributed by atoms with Crippen molar-refractivity contribution in [2.24, 2.45) is 0 Å². The van der Waals surface area contributed by atoms with E-state index in [0.29, 0.717) is 18.0 Å². The first-order valence-electron chi connectivity index (χ1n) is 26.5. The van der Waals surface area contributed by atoms with Crippen molar-refractivity contribution < 1.29 is 13.6 Å². The fourth-order valence-corrected chi connectivity index (χ4v) is 8.94. The summed E-state index contributed by atoms with van der Waals surface area (Å²) in [5, 5.41) is 3.73. The van der Waals surface area contributed by atoms with Crippen LogP contribution in [0.2, 0.25) is 0 Å². The maximum Gasteiger partial charge on any atom is 0.182 e. The van der Waals surface area contributed by atoms with Gasteiger partial charge in [0, 0.05) is 35.2 Å². The van der Waals surface area contributed by atoms with Gasteiger partial charge < -0.3 is 18.6 Å². The Hall–Kier alpha value is -6.87. The van der Waals surface area contributed by atoms with Gasteiger partial charge in [-0.3, -0.25) is 9.88 Å². The van der Waals surface area contributed by atoms with E-state index in [1.165, 1.54) is 94.9 Å². The molecule has 0 radical (unpaired) electrons. The molecule has 5 heterocycles. The summed E-state index contributed by atoms with van der Waals surface area (Å²) >= 11 is 0. The van der Waals surface area contributed by atoms with E-state index in [0.717, 1.165) is 52.9 Å². The molecule has 1 aliphatic heterocycles. The van der Waals surface area contributed by atoms with Crippen LogP contribution in [0.25, 0.3) is 43.9 Å². The first-order chi connectivity index (χ1) is 35.7. The van der Waals surface area contributed by atoms with Crippen molar-refractivity contribution in [3.8, 4) is 0 Å². The lowest BCUT2D eigenvalue weighted by molar-refractivity contribution is -0.0227. The number of aryl methyl sites for hydroxylation is 13. The quantitative estimate of drug-likeness (QED) is 0.184. The predicted molar refractivity (Wildman–Crippen MR) is 319 cm³/mol. The number of pyridine rings is 1. The molecule has 0 saturated carbocycles. The van der Waals surface area contributed by atoms with E-state index in [-0.39, 0.29) is 0 Å². The number of nitrogens with one attached hydrogen (secondary N) is 1. The second-order valence-corrected chi connectivity index (χ2v) is 20.9. The lowest BCUT2D eigenvalue weighted by atomic mass is 9.96. The smallest absolute Gasteiger partial charge is 0.182 e. The minimum atomic E-state index is 0.591. The number of benzene rings is 6. The van der Waals surface area contributed by atoms with Gasteiger partial charge in [0.15, 0.2) is 12.0 Å². The van der Waals surface area contributed by atoms with Gasteiger partial charge in [-0.15, -0.1) is 0 Å². The van der Waals surface area contributed by atoms with Crippen LogP contribution in [0.3, 0.4) is 0 Å².